The molecular formula is C26H20Ge2. The summed E-state index contributed by atoms with van der Waals surface area (Å²) in [6, 6.07) is 34.4. The molecule has 0 spiro atoms. The number of fused-ring (bicyclic) bond motifs is 6. The van der Waals surface area contributed by atoms with Crippen LogP contribution < -0.4 is 4.40 Å². The molecule has 0 bridgehead atoms. The van der Waals surface area contributed by atoms with Crippen LogP contribution >= 0.6 is 0 Å². The second-order valence-electron chi connectivity index (χ2n) is 7.75. The van der Waals surface area contributed by atoms with Crippen molar-refractivity contribution in [1.29, 1.82) is 0 Å². The van der Waals surface area contributed by atoms with Gasteiger partial charge < -0.3 is 0 Å². The molecule has 132 valence electrons. The summed E-state index contributed by atoms with van der Waals surface area (Å²) < 4.78 is 1.69. The summed E-state index contributed by atoms with van der Waals surface area (Å²) in [7, 11) is 0. The van der Waals surface area contributed by atoms with Crippen LogP contribution in [0.25, 0.3) is 53.9 Å². The molecule has 6 aromatic rings. The fourth-order valence-electron chi connectivity index (χ4n) is 4.65. The zero-order chi connectivity index (χ0) is 18.7. The van der Waals surface area contributed by atoms with Gasteiger partial charge >= 0.3 is 177 Å². The van der Waals surface area contributed by atoms with E-state index in [1.807, 2.05) is 0 Å². The Balaban J connectivity index is 1.76. The average Bonchev–Trinajstić information content (AvgIpc) is 2.74. The maximum absolute atomic E-state index is 2.48. The van der Waals surface area contributed by atoms with Crippen LogP contribution in [0.15, 0.2) is 91.0 Å². The second-order valence-corrected chi connectivity index (χ2v) is 18.5. The van der Waals surface area contributed by atoms with E-state index in [2.05, 4.69) is 91.0 Å². The number of rotatable bonds is 1. The number of hydrogen-bond donors (Lipinski definition) is 0. The van der Waals surface area contributed by atoms with Crippen LogP contribution in [0.5, 0.6) is 0 Å². The molecule has 0 aliphatic rings. The normalized spacial score (nSPS) is 12.4. The van der Waals surface area contributed by atoms with Gasteiger partial charge in [-0.15, -0.1) is 0 Å². The monoisotopic (exact) mass is 480 g/mol. The molecular weight excluding hydrogens is 458 g/mol. The van der Waals surface area contributed by atoms with Crippen LogP contribution in [0.2, 0.25) is 0 Å². The van der Waals surface area contributed by atoms with Gasteiger partial charge in [0.25, 0.3) is 0 Å². The van der Waals surface area contributed by atoms with E-state index in [-0.39, 0.29) is 0 Å². The topological polar surface area (TPSA) is 0 Å². The maximum atomic E-state index is 2.48. The molecule has 0 saturated heterocycles. The van der Waals surface area contributed by atoms with Crippen molar-refractivity contribution >= 4 is 86.3 Å². The summed E-state index contributed by atoms with van der Waals surface area (Å²) in [5, 5.41) is 13.7. The Morgan fingerprint density at radius 1 is 0.429 bits per heavy atom. The molecule has 0 amide bonds. The van der Waals surface area contributed by atoms with Gasteiger partial charge in [0.2, 0.25) is 0 Å². The van der Waals surface area contributed by atoms with Gasteiger partial charge in [-0.1, -0.05) is 0 Å². The van der Waals surface area contributed by atoms with Gasteiger partial charge in [0.05, 0.1) is 0 Å². The molecule has 0 N–H and O–H groups in total. The van der Waals surface area contributed by atoms with Gasteiger partial charge in [0, 0.05) is 0 Å². The van der Waals surface area contributed by atoms with Crippen LogP contribution in [-0.2, 0) is 0 Å². The fourth-order valence-corrected chi connectivity index (χ4v) is 13.6. The van der Waals surface area contributed by atoms with E-state index in [0.29, 0.717) is 0 Å². The first kappa shape index (κ1) is 16.6. The van der Waals surface area contributed by atoms with E-state index >= 15 is 0 Å². The molecule has 6 rings (SSSR count). The van der Waals surface area contributed by atoms with Crippen molar-refractivity contribution in [2.75, 3.05) is 0 Å². The predicted octanol–water partition coefficient (Wildman–Crippen LogP) is 4.53. The van der Waals surface area contributed by atoms with Crippen molar-refractivity contribution in [3.63, 3.8) is 0 Å². The predicted molar refractivity (Wildman–Crippen MR) is 132 cm³/mol. The molecule has 0 atom stereocenters. The summed E-state index contributed by atoms with van der Waals surface area (Å²) in [5.41, 5.74) is 0. The van der Waals surface area contributed by atoms with Crippen LogP contribution in [0.3, 0.4) is 0 Å². The van der Waals surface area contributed by atoms with Gasteiger partial charge in [-0.25, -0.2) is 0 Å². The zero-order valence-corrected chi connectivity index (χ0v) is 23.0. The van der Waals surface area contributed by atoms with Crippen LogP contribution in [0.1, 0.15) is 0 Å². The van der Waals surface area contributed by atoms with E-state index in [1.165, 1.54) is 53.9 Å². The SMILES string of the molecule is [GeH3][GeH2][c]1cccc2cc3ccc4cc5cc6ccccc6cc5cc4c3cc12. The first-order valence-corrected chi connectivity index (χ1v) is 29.9. The Morgan fingerprint density at radius 2 is 0.964 bits per heavy atom. The van der Waals surface area contributed by atoms with Crippen molar-refractivity contribution in [1.82, 2.24) is 0 Å². The van der Waals surface area contributed by atoms with E-state index in [4.69, 9.17) is 0 Å². The van der Waals surface area contributed by atoms with E-state index in [0.717, 1.165) is 14.5 Å². The first-order chi connectivity index (χ1) is 13.8. The molecule has 2 heteroatoms. The summed E-state index contributed by atoms with van der Waals surface area (Å²) in [4.78, 5) is 0. The minimum absolute atomic E-state index is 0.460. The van der Waals surface area contributed by atoms with Crippen LogP contribution in [0, 0.1) is 0 Å². The molecule has 0 saturated carbocycles. The Kier molecular flexibility index (Phi) is 3.78. The van der Waals surface area contributed by atoms with Gasteiger partial charge in [-0.2, -0.15) is 0 Å². The summed E-state index contributed by atoms with van der Waals surface area (Å²) in [6.07, 6.45) is 0. The van der Waals surface area contributed by atoms with Crippen LogP contribution in [-0.4, -0.2) is 28.0 Å². The molecule has 0 aromatic heterocycles. The standard InChI is InChI=1S/C26H20Ge2/c27-28-26-7-3-6-18-12-19-8-9-20-13-21-10-16-4-1-2-5-17(16)11-22(21)14-23(20)24(19)15-25(18)26/h1-15H,28H2,27H3. The number of benzene rings is 6. The van der Waals surface area contributed by atoms with Crippen LogP contribution in [0.4, 0.5) is 0 Å². The second kappa shape index (κ2) is 6.36. The van der Waals surface area contributed by atoms with Gasteiger partial charge in [0.1, 0.15) is 0 Å². The molecule has 0 nitrogen and oxygen atoms in total. The van der Waals surface area contributed by atoms with E-state index in [9.17, 15) is 0 Å². The summed E-state index contributed by atoms with van der Waals surface area (Å²) >= 11 is 0.553. The molecule has 6 aromatic carbocycles. The average molecular weight is 478 g/mol. The quantitative estimate of drug-likeness (QED) is 0.186. The van der Waals surface area contributed by atoms with Crippen molar-refractivity contribution in [3.05, 3.63) is 91.0 Å². The molecule has 0 aliphatic heterocycles. The third-order valence-electron chi connectivity index (χ3n) is 6.13. The third kappa shape index (κ3) is 2.52. The minimum atomic E-state index is -0.460. The summed E-state index contributed by atoms with van der Waals surface area (Å²) in [5.74, 6) is 0. The number of hydrogen-bond acceptors (Lipinski definition) is 0. The van der Waals surface area contributed by atoms with E-state index in [1.54, 1.807) is 4.40 Å². The fraction of sp³-hybridized carbons (Fsp3) is 0. The van der Waals surface area contributed by atoms with Gasteiger partial charge in [-0.05, 0) is 0 Å². The Morgan fingerprint density at radius 3 is 1.68 bits per heavy atom. The Hall–Kier alpha value is -2.29. The van der Waals surface area contributed by atoms with Crippen molar-refractivity contribution < 1.29 is 0 Å². The molecule has 0 unspecified atom stereocenters. The van der Waals surface area contributed by atoms with Crippen molar-refractivity contribution in [2.24, 2.45) is 0 Å². The summed E-state index contributed by atoms with van der Waals surface area (Å²) in [6.45, 7) is 0. The van der Waals surface area contributed by atoms with Gasteiger partial charge in [0.15, 0.2) is 0 Å². The van der Waals surface area contributed by atoms with E-state index < -0.39 is 13.5 Å². The molecule has 0 aliphatic carbocycles. The molecule has 28 heavy (non-hydrogen) atoms. The Labute approximate surface area is 176 Å². The Bertz CT molecular complexity index is 1550. The molecule has 0 radical (unpaired) electrons. The zero-order valence-electron chi connectivity index (χ0n) is 15.9. The van der Waals surface area contributed by atoms with Gasteiger partial charge in [-0.3, -0.25) is 0 Å². The van der Waals surface area contributed by atoms with Crippen molar-refractivity contribution in [2.45, 2.75) is 0 Å². The molecule has 0 fully saturated rings. The molecule has 0 heterocycles. The van der Waals surface area contributed by atoms with Crippen molar-refractivity contribution in [3.8, 4) is 0 Å². The third-order valence-corrected chi connectivity index (χ3v) is 17.3. The first-order valence-electron chi connectivity index (χ1n) is 10.0.